The molecule has 0 saturated carbocycles. The fourth-order valence-corrected chi connectivity index (χ4v) is 3.57. The first kappa shape index (κ1) is 17.3. The highest BCUT2D eigenvalue weighted by atomic mass is 35.5. The summed E-state index contributed by atoms with van der Waals surface area (Å²) in [6, 6.07) is 29.8. The number of nitrogens with zero attached hydrogens (tertiary/aromatic N) is 3. The van der Waals surface area contributed by atoms with Crippen LogP contribution in [0.2, 0.25) is 5.02 Å². The minimum Gasteiger partial charge on any atom is -0.267 e. The Kier molecular flexibility index (Phi) is 4.91. The summed E-state index contributed by atoms with van der Waals surface area (Å²) < 4.78 is 0. The van der Waals surface area contributed by atoms with Gasteiger partial charge in [0.25, 0.3) is 0 Å². The van der Waals surface area contributed by atoms with Crippen LogP contribution >= 0.6 is 11.6 Å². The maximum Gasteiger partial charge on any atom is 0.159 e. The van der Waals surface area contributed by atoms with E-state index in [4.69, 9.17) is 16.7 Å². The van der Waals surface area contributed by atoms with Crippen LogP contribution in [0.1, 0.15) is 35.2 Å². The molecule has 0 saturated heterocycles. The van der Waals surface area contributed by atoms with Crippen LogP contribution in [0.15, 0.2) is 90.0 Å². The van der Waals surface area contributed by atoms with E-state index in [1.165, 1.54) is 0 Å². The molecule has 1 aliphatic rings. The highest BCUT2D eigenvalue weighted by molar-refractivity contribution is 6.30. The van der Waals surface area contributed by atoms with E-state index in [1.54, 1.807) is 0 Å². The maximum atomic E-state index is 9.94. The zero-order chi connectivity index (χ0) is 18.6. The Labute approximate surface area is 164 Å². The van der Waals surface area contributed by atoms with Crippen molar-refractivity contribution in [3.8, 4) is 6.07 Å². The van der Waals surface area contributed by atoms with Crippen LogP contribution in [-0.4, -0.2) is 10.7 Å². The SMILES string of the molecule is N#C[C@H](c1ccc(Cl)cc1)N1N=C(c2ccccc2)C[C@H]1c1ccccc1. The van der Waals surface area contributed by atoms with E-state index in [0.29, 0.717) is 5.02 Å². The lowest BCUT2D eigenvalue weighted by molar-refractivity contribution is 0.196. The number of benzene rings is 3. The Morgan fingerprint density at radius 1 is 0.926 bits per heavy atom. The number of rotatable bonds is 4. The molecule has 0 bridgehead atoms. The van der Waals surface area contributed by atoms with Crippen molar-refractivity contribution in [1.29, 1.82) is 5.26 Å². The average molecular weight is 372 g/mol. The van der Waals surface area contributed by atoms with Gasteiger partial charge in [-0.1, -0.05) is 84.4 Å². The quantitative estimate of drug-likeness (QED) is 0.585. The predicted octanol–water partition coefficient (Wildman–Crippen LogP) is 5.76. The van der Waals surface area contributed by atoms with E-state index in [1.807, 2.05) is 65.7 Å². The Balaban J connectivity index is 1.76. The molecule has 4 rings (SSSR count). The summed E-state index contributed by atoms with van der Waals surface area (Å²) in [5, 5.41) is 17.4. The molecule has 3 aromatic rings. The maximum absolute atomic E-state index is 9.94. The van der Waals surface area contributed by atoms with Crippen molar-refractivity contribution in [3.63, 3.8) is 0 Å². The fraction of sp³-hybridized carbons (Fsp3) is 0.130. The average Bonchev–Trinajstić information content (AvgIpc) is 3.16. The van der Waals surface area contributed by atoms with Crippen molar-refractivity contribution < 1.29 is 0 Å². The lowest BCUT2D eigenvalue weighted by atomic mass is 9.97. The molecule has 0 amide bonds. The summed E-state index contributed by atoms with van der Waals surface area (Å²) in [7, 11) is 0. The first-order chi connectivity index (χ1) is 13.3. The normalized spacial score (nSPS) is 17.3. The van der Waals surface area contributed by atoms with E-state index in [9.17, 15) is 5.26 Å². The molecule has 4 heteroatoms. The molecule has 1 aliphatic heterocycles. The summed E-state index contributed by atoms with van der Waals surface area (Å²) in [5.74, 6) is 0. The second-order valence-electron chi connectivity index (χ2n) is 6.51. The van der Waals surface area contributed by atoms with Crippen molar-refractivity contribution in [2.24, 2.45) is 5.10 Å². The third-order valence-corrected chi connectivity index (χ3v) is 5.06. The molecular formula is C23H18ClN3. The van der Waals surface area contributed by atoms with Gasteiger partial charge in [0.1, 0.15) is 0 Å². The van der Waals surface area contributed by atoms with E-state index in [0.717, 1.165) is 28.8 Å². The number of hydrogen-bond acceptors (Lipinski definition) is 3. The molecule has 3 aromatic carbocycles. The van der Waals surface area contributed by atoms with Crippen molar-refractivity contribution in [2.75, 3.05) is 0 Å². The second kappa shape index (κ2) is 7.65. The molecule has 0 fully saturated rings. The summed E-state index contributed by atoms with van der Waals surface area (Å²) >= 11 is 6.02. The third-order valence-electron chi connectivity index (χ3n) is 4.81. The molecule has 3 nitrogen and oxygen atoms in total. The smallest absolute Gasteiger partial charge is 0.159 e. The van der Waals surface area contributed by atoms with Crippen LogP contribution in [0.25, 0.3) is 0 Å². The van der Waals surface area contributed by atoms with Crippen LogP contribution in [-0.2, 0) is 0 Å². The van der Waals surface area contributed by atoms with E-state index in [2.05, 4.69) is 30.3 Å². The molecule has 2 atom stereocenters. The molecule has 0 radical (unpaired) electrons. The first-order valence-electron chi connectivity index (χ1n) is 8.87. The third kappa shape index (κ3) is 3.58. The predicted molar refractivity (Wildman–Crippen MR) is 108 cm³/mol. The van der Waals surface area contributed by atoms with Crippen LogP contribution in [0, 0.1) is 11.3 Å². The highest BCUT2D eigenvalue weighted by Crippen LogP contribution is 2.39. The molecule has 27 heavy (non-hydrogen) atoms. The van der Waals surface area contributed by atoms with Crippen LogP contribution in [0.3, 0.4) is 0 Å². The molecule has 0 aromatic heterocycles. The summed E-state index contributed by atoms with van der Waals surface area (Å²) in [6.45, 7) is 0. The molecule has 1 heterocycles. The molecule has 0 aliphatic carbocycles. The van der Waals surface area contributed by atoms with Gasteiger partial charge in [-0.05, 0) is 28.8 Å². The van der Waals surface area contributed by atoms with Crippen LogP contribution in [0.4, 0.5) is 0 Å². The number of hydrazone groups is 1. The minimum absolute atomic E-state index is 0.0155. The lowest BCUT2D eigenvalue weighted by Crippen LogP contribution is -2.24. The van der Waals surface area contributed by atoms with Gasteiger partial charge in [-0.25, -0.2) is 0 Å². The van der Waals surface area contributed by atoms with Crippen molar-refractivity contribution in [3.05, 3.63) is 107 Å². The van der Waals surface area contributed by atoms with Crippen LogP contribution in [0.5, 0.6) is 0 Å². The molecule has 132 valence electrons. The van der Waals surface area contributed by atoms with Gasteiger partial charge in [-0.3, -0.25) is 5.01 Å². The number of hydrogen-bond donors (Lipinski definition) is 0. The fourth-order valence-electron chi connectivity index (χ4n) is 3.45. The largest absolute Gasteiger partial charge is 0.267 e. The van der Waals surface area contributed by atoms with Crippen LogP contribution < -0.4 is 0 Å². The Hall–Kier alpha value is -3.09. The summed E-state index contributed by atoms with van der Waals surface area (Å²) in [4.78, 5) is 0. The van der Waals surface area contributed by atoms with Crippen molar-refractivity contribution >= 4 is 17.3 Å². The van der Waals surface area contributed by atoms with E-state index >= 15 is 0 Å². The van der Waals surface area contributed by atoms with Crippen molar-refractivity contribution in [1.82, 2.24) is 5.01 Å². The monoisotopic (exact) mass is 371 g/mol. The van der Waals surface area contributed by atoms with E-state index < -0.39 is 6.04 Å². The molecule has 0 N–H and O–H groups in total. The second-order valence-corrected chi connectivity index (χ2v) is 6.94. The van der Waals surface area contributed by atoms with Gasteiger partial charge in [0.2, 0.25) is 0 Å². The molecule has 0 unspecified atom stereocenters. The van der Waals surface area contributed by atoms with Gasteiger partial charge < -0.3 is 0 Å². The Bertz CT molecular complexity index is 976. The Morgan fingerprint density at radius 2 is 1.56 bits per heavy atom. The number of nitriles is 1. The molecular weight excluding hydrogens is 354 g/mol. The van der Waals surface area contributed by atoms with Gasteiger partial charge in [0.15, 0.2) is 6.04 Å². The van der Waals surface area contributed by atoms with Gasteiger partial charge in [-0.15, -0.1) is 0 Å². The zero-order valence-electron chi connectivity index (χ0n) is 14.7. The standard InChI is InChI=1S/C23H18ClN3/c24-20-13-11-19(12-14-20)23(16-25)27-22(18-9-5-2-6-10-18)15-21(26-27)17-7-3-1-4-8-17/h1-14,22-23H,15H2/t22-,23+/m0/s1. The topological polar surface area (TPSA) is 39.4 Å². The Morgan fingerprint density at radius 3 is 2.19 bits per heavy atom. The highest BCUT2D eigenvalue weighted by Gasteiger charge is 2.34. The summed E-state index contributed by atoms with van der Waals surface area (Å²) in [6.07, 6.45) is 0.764. The molecule has 0 spiro atoms. The van der Waals surface area contributed by atoms with Gasteiger partial charge in [0, 0.05) is 11.4 Å². The summed E-state index contributed by atoms with van der Waals surface area (Å²) in [5.41, 5.74) is 4.13. The number of halogens is 1. The van der Waals surface area contributed by atoms with Gasteiger partial charge >= 0.3 is 0 Å². The van der Waals surface area contributed by atoms with E-state index in [-0.39, 0.29) is 6.04 Å². The first-order valence-corrected chi connectivity index (χ1v) is 9.25. The van der Waals surface area contributed by atoms with Gasteiger partial charge in [-0.2, -0.15) is 10.4 Å². The zero-order valence-corrected chi connectivity index (χ0v) is 15.4. The minimum atomic E-state index is -0.478. The lowest BCUT2D eigenvalue weighted by Gasteiger charge is -2.28. The van der Waals surface area contributed by atoms with Crippen molar-refractivity contribution in [2.45, 2.75) is 18.5 Å². The van der Waals surface area contributed by atoms with Gasteiger partial charge in [0.05, 0.1) is 17.8 Å².